The normalized spacial score (nSPS) is 15.4. The summed E-state index contributed by atoms with van der Waals surface area (Å²) in [6.07, 6.45) is 4.03. The van der Waals surface area contributed by atoms with Crippen LogP contribution in [-0.2, 0) is 31.5 Å². The molecule has 3 aromatic heterocycles. The predicted octanol–water partition coefficient (Wildman–Crippen LogP) is 3.70. The van der Waals surface area contributed by atoms with Crippen LogP contribution in [-0.4, -0.2) is 65.9 Å². The summed E-state index contributed by atoms with van der Waals surface area (Å²) in [5.74, 6) is -0.774. The first kappa shape index (κ1) is 29.0. The van der Waals surface area contributed by atoms with Crippen molar-refractivity contribution in [1.29, 1.82) is 0 Å². The summed E-state index contributed by atoms with van der Waals surface area (Å²) in [6, 6.07) is 9.42. The Morgan fingerprint density at radius 1 is 1.10 bits per heavy atom. The minimum absolute atomic E-state index is 0.0242. The molecule has 0 unspecified atom stereocenters. The number of hydrogen-bond acceptors (Lipinski definition) is 10. The minimum Gasteiger partial charge on any atom is -0.491 e. The number of benzene rings is 1. The Labute approximate surface area is 241 Å². The van der Waals surface area contributed by atoms with E-state index >= 15 is 0 Å². The van der Waals surface area contributed by atoms with E-state index in [-0.39, 0.29) is 45.9 Å². The third-order valence-corrected chi connectivity index (χ3v) is 10.9. The third-order valence-electron chi connectivity index (χ3n) is 6.58. The highest BCUT2D eigenvalue weighted by Crippen LogP contribution is 2.36. The molecule has 15 heteroatoms. The second-order valence-corrected chi connectivity index (χ2v) is 14.3. The number of thiazole rings is 1. The largest absolute Gasteiger partial charge is 0.491 e. The van der Waals surface area contributed by atoms with Gasteiger partial charge in [-0.2, -0.15) is 17.7 Å². The van der Waals surface area contributed by atoms with E-state index in [2.05, 4.69) is 9.97 Å². The highest BCUT2D eigenvalue weighted by Gasteiger charge is 2.32. The van der Waals surface area contributed by atoms with Crippen molar-refractivity contribution >= 4 is 48.5 Å². The molecule has 1 N–H and O–H groups in total. The van der Waals surface area contributed by atoms with E-state index in [4.69, 9.17) is 8.92 Å². The maximum atomic E-state index is 13.3. The molecule has 0 bridgehead atoms. The van der Waals surface area contributed by atoms with Crippen molar-refractivity contribution < 1.29 is 35.7 Å². The molecule has 218 valence electrons. The average Bonchev–Trinajstić information content (AvgIpc) is 3.58. The first-order valence-corrected chi connectivity index (χ1v) is 16.5. The van der Waals surface area contributed by atoms with Crippen LogP contribution in [0.25, 0.3) is 11.0 Å². The molecular weight excluding hydrogens is 593 g/mol. The van der Waals surface area contributed by atoms with Gasteiger partial charge < -0.3 is 18.6 Å². The van der Waals surface area contributed by atoms with E-state index in [1.54, 1.807) is 36.5 Å². The molecule has 12 nitrogen and oxygen atoms in total. The van der Waals surface area contributed by atoms with Gasteiger partial charge in [0.25, 0.3) is 0 Å². The molecule has 0 atom stereocenters. The fourth-order valence-corrected chi connectivity index (χ4v) is 7.96. The predicted molar refractivity (Wildman–Crippen MR) is 150 cm³/mol. The van der Waals surface area contributed by atoms with E-state index in [0.29, 0.717) is 24.0 Å². The number of sulfonamides is 1. The van der Waals surface area contributed by atoms with Crippen LogP contribution < -0.4 is 8.92 Å². The van der Waals surface area contributed by atoms with Gasteiger partial charge in [-0.1, -0.05) is 0 Å². The van der Waals surface area contributed by atoms with Crippen molar-refractivity contribution in [2.24, 2.45) is 0 Å². The molecule has 0 spiro atoms. The number of aliphatic carboxylic acids is 1. The summed E-state index contributed by atoms with van der Waals surface area (Å²) in [6.45, 7) is 3.96. The topological polar surface area (TPSA) is 158 Å². The van der Waals surface area contributed by atoms with Gasteiger partial charge >= 0.3 is 16.1 Å². The van der Waals surface area contributed by atoms with Gasteiger partial charge in [0.05, 0.1) is 11.0 Å². The van der Waals surface area contributed by atoms with E-state index < -0.39 is 32.7 Å². The Bertz CT molecular complexity index is 1760. The Morgan fingerprint density at radius 3 is 2.41 bits per heavy atom. The summed E-state index contributed by atoms with van der Waals surface area (Å²) in [5.41, 5.74) is 1.07. The number of carbonyl (C=O) groups is 1. The van der Waals surface area contributed by atoms with Gasteiger partial charge in [-0.15, -0.1) is 11.3 Å². The number of rotatable bonds is 10. The van der Waals surface area contributed by atoms with Crippen LogP contribution in [0.1, 0.15) is 38.2 Å². The number of pyridine rings is 1. The van der Waals surface area contributed by atoms with E-state index in [1.165, 1.54) is 26.5 Å². The third kappa shape index (κ3) is 6.22. The van der Waals surface area contributed by atoms with E-state index in [0.717, 1.165) is 16.9 Å². The van der Waals surface area contributed by atoms with Gasteiger partial charge in [0, 0.05) is 42.3 Å². The van der Waals surface area contributed by atoms with E-state index in [1.807, 2.05) is 13.8 Å². The summed E-state index contributed by atoms with van der Waals surface area (Å²) in [4.78, 5) is 19.8. The summed E-state index contributed by atoms with van der Waals surface area (Å²) < 4.78 is 65.0. The van der Waals surface area contributed by atoms with Gasteiger partial charge in [-0.05, 0) is 68.5 Å². The molecule has 4 aromatic rings. The van der Waals surface area contributed by atoms with Crippen molar-refractivity contribution in [3.8, 4) is 11.6 Å². The lowest BCUT2D eigenvalue weighted by Gasteiger charge is -2.31. The second kappa shape index (κ2) is 11.4. The quantitative estimate of drug-likeness (QED) is 0.259. The molecule has 0 amide bonds. The van der Waals surface area contributed by atoms with Crippen LogP contribution in [0.2, 0.25) is 0 Å². The van der Waals surface area contributed by atoms with Crippen molar-refractivity contribution in [2.45, 2.75) is 54.5 Å². The van der Waals surface area contributed by atoms with Crippen LogP contribution in [0, 0.1) is 0 Å². The first-order valence-electron chi connectivity index (χ1n) is 12.8. The lowest BCUT2D eigenvalue weighted by Crippen LogP contribution is -2.37. The fourth-order valence-electron chi connectivity index (χ4n) is 4.81. The monoisotopic (exact) mass is 620 g/mol. The minimum atomic E-state index is -4.19. The van der Waals surface area contributed by atoms with Crippen molar-refractivity contribution in [3.63, 3.8) is 0 Å². The average molecular weight is 621 g/mol. The molecular formula is C26H28N4O8S3. The van der Waals surface area contributed by atoms with Crippen LogP contribution in [0.4, 0.5) is 0 Å². The molecule has 1 saturated heterocycles. The summed E-state index contributed by atoms with van der Waals surface area (Å²) >= 11 is 0.903. The number of aromatic nitrogens is 3. The molecule has 1 aromatic carbocycles. The fraction of sp³-hybridized carbons (Fsp3) is 0.346. The van der Waals surface area contributed by atoms with Crippen LogP contribution >= 0.6 is 11.3 Å². The van der Waals surface area contributed by atoms with Crippen LogP contribution in [0.5, 0.6) is 11.6 Å². The van der Waals surface area contributed by atoms with Gasteiger partial charge in [-0.25, -0.2) is 13.4 Å². The van der Waals surface area contributed by atoms with Crippen molar-refractivity contribution in [3.05, 3.63) is 59.7 Å². The highest BCUT2D eigenvalue weighted by atomic mass is 32.3. The number of hydrogen-bond donors (Lipinski definition) is 1. The Hall–Kier alpha value is -3.53. The van der Waals surface area contributed by atoms with Gasteiger partial charge in [-0.3, -0.25) is 4.79 Å². The van der Waals surface area contributed by atoms with Gasteiger partial charge in [0.1, 0.15) is 17.9 Å². The van der Waals surface area contributed by atoms with Gasteiger partial charge in [0.15, 0.2) is 0 Å². The number of fused-ring (bicyclic) bond motifs is 1. The van der Waals surface area contributed by atoms with E-state index in [9.17, 15) is 26.7 Å². The SMILES string of the molecule is CC(C)Oc1ccc(S(=O)(=O)N2CCC(c3cn(CC(=O)O)c4nc(OS(=O)(=O)c5nccs5)ccc34)CC2)cc1. The summed E-state index contributed by atoms with van der Waals surface area (Å²) in [5, 5.41) is 11.6. The zero-order valence-corrected chi connectivity index (χ0v) is 24.7. The second-order valence-electron chi connectivity index (χ2n) is 9.78. The van der Waals surface area contributed by atoms with Crippen LogP contribution in [0.15, 0.2) is 63.4 Å². The lowest BCUT2D eigenvalue weighted by atomic mass is 9.90. The molecule has 1 aliphatic heterocycles. The standard InChI is InChI=1S/C26H28N4O8S3/c1-17(2)37-19-3-5-20(6-4-19)40(33,34)30-12-9-18(10-13-30)22-15-29(16-24(31)32)25-21(22)7-8-23(28-25)38-41(35,36)26-27-11-14-39-26/h3-8,11,14-15,17-18H,9-10,12-13,16H2,1-2H3,(H,31,32). The maximum absolute atomic E-state index is 13.3. The summed E-state index contributed by atoms with van der Waals surface area (Å²) in [7, 11) is -7.89. The zero-order valence-electron chi connectivity index (χ0n) is 22.2. The molecule has 1 fully saturated rings. The molecule has 0 aliphatic carbocycles. The molecule has 0 radical (unpaired) electrons. The number of carboxylic acid groups (broad SMARTS) is 1. The number of piperidine rings is 1. The molecule has 5 rings (SSSR count). The van der Waals surface area contributed by atoms with Crippen molar-refractivity contribution in [1.82, 2.24) is 18.8 Å². The molecule has 0 saturated carbocycles. The zero-order chi connectivity index (χ0) is 29.4. The maximum Gasteiger partial charge on any atom is 0.368 e. The van der Waals surface area contributed by atoms with Crippen LogP contribution in [0.3, 0.4) is 0 Å². The Kier molecular flexibility index (Phi) is 8.05. The molecule has 41 heavy (non-hydrogen) atoms. The highest BCUT2D eigenvalue weighted by molar-refractivity contribution is 7.89. The van der Waals surface area contributed by atoms with Gasteiger partial charge in [0.2, 0.25) is 20.2 Å². The molecule has 1 aliphatic rings. The smallest absolute Gasteiger partial charge is 0.368 e. The van der Waals surface area contributed by atoms with Crippen molar-refractivity contribution in [2.75, 3.05) is 13.1 Å². The first-order chi connectivity index (χ1) is 19.4. The number of ether oxygens (including phenoxy) is 1. The molecule has 4 heterocycles. The Balaban J connectivity index is 1.36. The number of nitrogens with zero attached hydrogens (tertiary/aromatic N) is 4. The lowest BCUT2D eigenvalue weighted by molar-refractivity contribution is -0.137. The number of carboxylic acids is 1. The Morgan fingerprint density at radius 2 is 1.80 bits per heavy atom.